The van der Waals surface area contributed by atoms with E-state index < -0.39 is 0 Å². The summed E-state index contributed by atoms with van der Waals surface area (Å²) in [6.45, 7) is 6.21. The van der Waals surface area contributed by atoms with E-state index in [2.05, 4.69) is 25.9 Å². The molecule has 0 aromatic carbocycles. The number of nitrogens with zero attached hydrogens (tertiary/aromatic N) is 2. The van der Waals surface area contributed by atoms with Crippen molar-refractivity contribution in [2.75, 3.05) is 0 Å². The zero-order chi connectivity index (χ0) is 12.6. The van der Waals surface area contributed by atoms with E-state index in [0.29, 0.717) is 11.1 Å². The summed E-state index contributed by atoms with van der Waals surface area (Å²) in [6, 6.07) is 0.0553. The first-order chi connectivity index (χ1) is 8.00. The molecule has 3 atom stereocenters. The van der Waals surface area contributed by atoms with Crippen molar-refractivity contribution in [3.63, 3.8) is 0 Å². The van der Waals surface area contributed by atoms with Crippen LogP contribution >= 0.6 is 11.6 Å². The average molecular weight is 258 g/mol. The summed E-state index contributed by atoms with van der Waals surface area (Å²) in [7, 11) is 0. The molecule has 2 N–H and O–H groups in total. The van der Waals surface area contributed by atoms with Gasteiger partial charge in [-0.05, 0) is 33.6 Å². The van der Waals surface area contributed by atoms with Gasteiger partial charge in [0.05, 0.1) is 35.2 Å². The maximum Gasteiger partial charge on any atom is 0.0835 e. The third kappa shape index (κ3) is 2.49. The predicted octanol–water partition coefficient (Wildman–Crippen LogP) is 2.68. The molecule has 1 aromatic rings. The molecule has 0 saturated carbocycles. The largest absolute Gasteiger partial charge is 0.373 e. The van der Waals surface area contributed by atoms with Gasteiger partial charge in [-0.2, -0.15) is 5.10 Å². The van der Waals surface area contributed by atoms with Crippen LogP contribution in [0.2, 0.25) is 5.02 Å². The van der Waals surface area contributed by atoms with Crippen molar-refractivity contribution in [2.45, 2.75) is 57.9 Å². The van der Waals surface area contributed by atoms with Gasteiger partial charge in [0, 0.05) is 6.04 Å². The summed E-state index contributed by atoms with van der Waals surface area (Å²) in [5.41, 5.74) is 7.17. The maximum atomic E-state index is 6.28. The molecule has 96 valence electrons. The molecule has 0 amide bonds. The van der Waals surface area contributed by atoms with E-state index in [1.54, 1.807) is 6.20 Å². The Kier molecular flexibility index (Phi) is 3.76. The van der Waals surface area contributed by atoms with Crippen molar-refractivity contribution in [1.29, 1.82) is 0 Å². The maximum absolute atomic E-state index is 6.28. The fourth-order valence-electron chi connectivity index (χ4n) is 2.35. The summed E-state index contributed by atoms with van der Waals surface area (Å²) >= 11 is 6.18. The molecule has 5 heteroatoms. The Balaban J connectivity index is 2.24. The molecule has 2 heterocycles. The van der Waals surface area contributed by atoms with Gasteiger partial charge < -0.3 is 10.5 Å². The van der Waals surface area contributed by atoms with Crippen LogP contribution in [-0.4, -0.2) is 22.0 Å². The molecule has 1 aromatic heterocycles. The number of hydrogen-bond donors (Lipinski definition) is 1. The first-order valence-corrected chi connectivity index (χ1v) is 6.52. The summed E-state index contributed by atoms with van der Waals surface area (Å²) in [4.78, 5) is 0. The molecule has 1 fully saturated rings. The van der Waals surface area contributed by atoms with Crippen molar-refractivity contribution in [2.24, 2.45) is 5.73 Å². The molecule has 1 saturated heterocycles. The molecule has 1 aliphatic rings. The van der Waals surface area contributed by atoms with E-state index in [0.717, 1.165) is 18.5 Å². The Morgan fingerprint density at radius 1 is 1.53 bits per heavy atom. The Bertz CT molecular complexity index is 391. The Labute approximate surface area is 107 Å². The van der Waals surface area contributed by atoms with Crippen molar-refractivity contribution >= 4 is 11.6 Å². The third-order valence-corrected chi connectivity index (χ3v) is 3.55. The number of nitrogens with two attached hydrogens (primary N) is 1. The second kappa shape index (κ2) is 4.96. The van der Waals surface area contributed by atoms with E-state index >= 15 is 0 Å². The molecular formula is C12H20ClN3O. The number of halogens is 1. The number of hydrogen-bond acceptors (Lipinski definition) is 3. The van der Waals surface area contributed by atoms with Crippen LogP contribution in [0.4, 0.5) is 0 Å². The lowest BCUT2D eigenvalue weighted by Gasteiger charge is -2.22. The monoisotopic (exact) mass is 257 g/mol. The fourth-order valence-corrected chi connectivity index (χ4v) is 2.60. The van der Waals surface area contributed by atoms with Gasteiger partial charge in [0.2, 0.25) is 0 Å². The van der Waals surface area contributed by atoms with Gasteiger partial charge in [0.25, 0.3) is 0 Å². The van der Waals surface area contributed by atoms with Crippen molar-refractivity contribution in [3.8, 4) is 0 Å². The topological polar surface area (TPSA) is 53.1 Å². The Morgan fingerprint density at radius 2 is 2.24 bits per heavy atom. The smallest absolute Gasteiger partial charge is 0.0835 e. The summed E-state index contributed by atoms with van der Waals surface area (Å²) < 4.78 is 7.70. The van der Waals surface area contributed by atoms with Gasteiger partial charge >= 0.3 is 0 Å². The number of rotatable bonds is 3. The quantitative estimate of drug-likeness (QED) is 0.906. The molecule has 4 nitrogen and oxygen atoms in total. The molecular weight excluding hydrogens is 238 g/mol. The molecule has 0 spiro atoms. The summed E-state index contributed by atoms with van der Waals surface area (Å²) in [5, 5.41) is 4.91. The van der Waals surface area contributed by atoms with Crippen LogP contribution < -0.4 is 5.73 Å². The molecule has 2 rings (SSSR count). The third-order valence-electron chi connectivity index (χ3n) is 3.26. The lowest BCUT2D eigenvalue weighted by Crippen LogP contribution is -2.29. The van der Waals surface area contributed by atoms with Crippen LogP contribution in [0.3, 0.4) is 0 Å². The Morgan fingerprint density at radius 3 is 2.76 bits per heavy atom. The van der Waals surface area contributed by atoms with Gasteiger partial charge in [0.1, 0.15) is 0 Å². The first kappa shape index (κ1) is 12.9. The minimum atomic E-state index is -0.197. The van der Waals surface area contributed by atoms with E-state index in [1.165, 1.54) is 0 Å². The van der Waals surface area contributed by atoms with Crippen LogP contribution in [0.1, 0.15) is 51.4 Å². The lowest BCUT2D eigenvalue weighted by atomic mass is 10.0. The first-order valence-electron chi connectivity index (χ1n) is 6.14. The molecule has 0 bridgehead atoms. The highest BCUT2D eigenvalue weighted by Crippen LogP contribution is 2.32. The second-order valence-electron chi connectivity index (χ2n) is 5.00. The normalized spacial score (nSPS) is 26.7. The van der Waals surface area contributed by atoms with Crippen LogP contribution in [0, 0.1) is 0 Å². The van der Waals surface area contributed by atoms with Gasteiger partial charge in [-0.15, -0.1) is 0 Å². The zero-order valence-corrected chi connectivity index (χ0v) is 11.3. The zero-order valence-electron chi connectivity index (χ0n) is 10.6. The second-order valence-corrected chi connectivity index (χ2v) is 5.41. The van der Waals surface area contributed by atoms with Gasteiger partial charge in [-0.1, -0.05) is 11.6 Å². The van der Waals surface area contributed by atoms with Crippen LogP contribution in [-0.2, 0) is 4.74 Å². The highest BCUT2D eigenvalue weighted by atomic mass is 35.5. The van der Waals surface area contributed by atoms with Crippen molar-refractivity contribution < 1.29 is 4.74 Å². The Hall–Kier alpha value is -0.580. The molecule has 0 aliphatic carbocycles. The summed E-state index contributed by atoms with van der Waals surface area (Å²) in [5.74, 6) is 0. The average Bonchev–Trinajstić information content (AvgIpc) is 2.83. The number of aromatic nitrogens is 2. The molecule has 1 aliphatic heterocycles. The van der Waals surface area contributed by atoms with E-state index in [1.807, 2.05) is 4.68 Å². The number of ether oxygens (including phenoxy) is 1. The predicted molar refractivity (Wildman–Crippen MR) is 68.1 cm³/mol. The fraction of sp³-hybridized carbons (Fsp3) is 0.750. The van der Waals surface area contributed by atoms with Crippen LogP contribution in [0.15, 0.2) is 6.20 Å². The molecule has 3 unspecified atom stereocenters. The van der Waals surface area contributed by atoms with Crippen molar-refractivity contribution in [3.05, 3.63) is 16.9 Å². The highest BCUT2D eigenvalue weighted by Gasteiger charge is 2.32. The van der Waals surface area contributed by atoms with E-state index in [9.17, 15) is 0 Å². The van der Waals surface area contributed by atoms with Gasteiger partial charge in [-0.3, -0.25) is 4.68 Å². The SMILES string of the molecule is CC1CCC(C(N)c2c(Cl)cnn2C(C)C)O1. The highest BCUT2D eigenvalue weighted by molar-refractivity contribution is 6.31. The molecule has 0 radical (unpaired) electrons. The van der Waals surface area contributed by atoms with E-state index in [-0.39, 0.29) is 18.2 Å². The van der Waals surface area contributed by atoms with Crippen LogP contribution in [0.25, 0.3) is 0 Å². The van der Waals surface area contributed by atoms with Crippen LogP contribution in [0.5, 0.6) is 0 Å². The van der Waals surface area contributed by atoms with Gasteiger partial charge in [-0.25, -0.2) is 0 Å². The van der Waals surface area contributed by atoms with E-state index in [4.69, 9.17) is 22.1 Å². The molecule has 17 heavy (non-hydrogen) atoms. The van der Waals surface area contributed by atoms with Gasteiger partial charge in [0.15, 0.2) is 0 Å². The standard InChI is InChI=1S/C12H20ClN3O/c1-7(2)16-12(9(13)6-15-16)11(14)10-5-4-8(3)17-10/h6-8,10-11H,4-5,14H2,1-3H3. The minimum Gasteiger partial charge on any atom is -0.373 e. The minimum absolute atomic E-state index is 0.0525. The van der Waals surface area contributed by atoms with Crippen molar-refractivity contribution in [1.82, 2.24) is 9.78 Å². The lowest BCUT2D eigenvalue weighted by molar-refractivity contribution is 0.0382. The summed E-state index contributed by atoms with van der Waals surface area (Å²) in [6.07, 6.45) is 4.06.